The number of hydrogen-bond acceptors (Lipinski definition) is 7. The second kappa shape index (κ2) is 10.1. The molecule has 1 amide bonds. The van der Waals surface area contributed by atoms with Crippen molar-refractivity contribution in [1.29, 1.82) is 0 Å². The molecule has 3 aromatic rings. The number of aryl methyl sites for hydroxylation is 1. The highest BCUT2D eigenvalue weighted by Gasteiger charge is 2.25. The van der Waals surface area contributed by atoms with Gasteiger partial charge in [0, 0.05) is 25.0 Å². The van der Waals surface area contributed by atoms with Gasteiger partial charge in [-0.2, -0.15) is 5.10 Å². The Morgan fingerprint density at radius 2 is 1.94 bits per heavy atom. The van der Waals surface area contributed by atoms with Crippen LogP contribution >= 0.6 is 0 Å². The predicted molar refractivity (Wildman–Crippen MR) is 129 cm³/mol. The first-order valence-electron chi connectivity index (χ1n) is 10.8. The molecule has 0 radical (unpaired) electrons. The van der Waals surface area contributed by atoms with Gasteiger partial charge in [-0.1, -0.05) is 12.1 Å². The van der Waals surface area contributed by atoms with Gasteiger partial charge in [-0.25, -0.2) is 8.42 Å². The molecule has 1 aliphatic heterocycles. The van der Waals surface area contributed by atoms with E-state index in [1.807, 2.05) is 11.8 Å². The maximum atomic E-state index is 13.5. The summed E-state index contributed by atoms with van der Waals surface area (Å²) >= 11 is 0. The number of hydrogen-bond donors (Lipinski definition) is 2. The molecule has 1 aromatic heterocycles. The zero-order chi connectivity index (χ0) is 24.1. The fourth-order valence-electron chi connectivity index (χ4n) is 3.70. The quantitative estimate of drug-likeness (QED) is 0.504. The third kappa shape index (κ3) is 5.49. The molecule has 0 aliphatic carbocycles. The molecule has 0 atom stereocenters. The van der Waals surface area contributed by atoms with Gasteiger partial charge < -0.3 is 19.7 Å². The number of aromatic nitrogens is 2. The number of amides is 1. The van der Waals surface area contributed by atoms with Crippen LogP contribution in [0.2, 0.25) is 0 Å². The summed E-state index contributed by atoms with van der Waals surface area (Å²) in [5.41, 5.74) is 2.16. The number of morpholine rings is 1. The number of sulfonamides is 1. The fraction of sp³-hybridized carbons (Fsp3) is 0.304. The molecule has 4 rings (SSSR count). The van der Waals surface area contributed by atoms with Crippen LogP contribution < -0.4 is 19.7 Å². The highest BCUT2D eigenvalue weighted by atomic mass is 32.2. The standard InChI is InChI=1S/C23H27N5O5S/c1-17-14-24-28(15-17)16-23(29)25-18-7-8-20(27-9-11-33-12-10-27)22(13-18)34(30,31)26-19-5-3-4-6-21(19)32-2/h3-8,13-15,26H,9-12,16H2,1-2H3,(H,25,29). The van der Waals surface area contributed by atoms with Gasteiger partial charge in [-0.05, 0) is 42.8 Å². The van der Waals surface area contributed by atoms with Crippen LogP contribution in [-0.2, 0) is 26.1 Å². The third-order valence-corrected chi connectivity index (χ3v) is 6.70. The normalized spacial score (nSPS) is 14.0. The van der Waals surface area contributed by atoms with Crippen molar-refractivity contribution in [3.8, 4) is 5.75 Å². The lowest BCUT2D eigenvalue weighted by Crippen LogP contribution is -2.37. The Morgan fingerprint density at radius 1 is 1.18 bits per heavy atom. The molecule has 1 aliphatic rings. The number of methoxy groups -OCH3 is 1. The Bertz CT molecular complexity index is 1270. The van der Waals surface area contributed by atoms with Crippen molar-refractivity contribution in [1.82, 2.24) is 9.78 Å². The molecule has 10 nitrogen and oxygen atoms in total. The molecule has 2 heterocycles. The van der Waals surface area contributed by atoms with Gasteiger partial charge in [-0.15, -0.1) is 0 Å². The van der Waals surface area contributed by atoms with Crippen molar-refractivity contribution in [2.75, 3.05) is 48.4 Å². The predicted octanol–water partition coefficient (Wildman–Crippen LogP) is 2.48. The van der Waals surface area contributed by atoms with E-state index in [-0.39, 0.29) is 17.3 Å². The smallest absolute Gasteiger partial charge is 0.264 e. The number of nitrogens with one attached hydrogen (secondary N) is 2. The summed E-state index contributed by atoms with van der Waals surface area (Å²) < 4.78 is 41.9. The molecule has 180 valence electrons. The SMILES string of the molecule is COc1ccccc1NS(=O)(=O)c1cc(NC(=O)Cn2cc(C)cn2)ccc1N1CCOCC1. The summed E-state index contributed by atoms with van der Waals surface area (Å²) in [5.74, 6) is 0.0845. The molecular formula is C23H27N5O5S. The summed E-state index contributed by atoms with van der Waals surface area (Å²) in [5, 5.41) is 6.88. The van der Waals surface area contributed by atoms with Crippen molar-refractivity contribution in [3.05, 3.63) is 60.4 Å². The van der Waals surface area contributed by atoms with E-state index in [1.165, 1.54) is 17.9 Å². The maximum absolute atomic E-state index is 13.5. The Balaban J connectivity index is 1.65. The lowest BCUT2D eigenvalue weighted by atomic mass is 10.2. The third-order valence-electron chi connectivity index (χ3n) is 5.30. The zero-order valence-electron chi connectivity index (χ0n) is 19.0. The van der Waals surface area contributed by atoms with E-state index in [4.69, 9.17) is 9.47 Å². The minimum atomic E-state index is -4.02. The Kier molecular flexibility index (Phi) is 7.03. The number of benzene rings is 2. The monoisotopic (exact) mass is 485 g/mol. The number of carbonyl (C=O) groups excluding carboxylic acids is 1. The average molecular weight is 486 g/mol. The van der Waals surface area contributed by atoms with Crippen LogP contribution in [0.4, 0.5) is 17.1 Å². The van der Waals surface area contributed by atoms with Crippen molar-refractivity contribution in [2.24, 2.45) is 0 Å². The topological polar surface area (TPSA) is 115 Å². The summed E-state index contributed by atoms with van der Waals surface area (Å²) in [7, 11) is -2.55. The second-order valence-electron chi connectivity index (χ2n) is 7.85. The van der Waals surface area contributed by atoms with E-state index in [9.17, 15) is 13.2 Å². The highest BCUT2D eigenvalue weighted by Crippen LogP contribution is 2.33. The minimum absolute atomic E-state index is 0.0145. The second-order valence-corrected chi connectivity index (χ2v) is 9.50. The van der Waals surface area contributed by atoms with Gasteiger partial charge in [0.05, 0.1) is 37.9 Å². The van der Waals surface area contributed by atoms with Gasteiger partial charge in [0.15, 0.2) is 0 Å². The largest absolute Gasteiger partial charge is 0.495 e. The minimum Gasteiger partial charge on any atom is -0.495 e. The van der Waals surface area contributed by atoms with Gasteiger partial charge >= 0.3 is 0 Å². The molecule has 2 aromatic carbocycles. The molecule has 1 saturated heterocycles. The van der Waals surface area contributed by atoms with E-state index in [0.717, 1.165) is 5.56 Å². The number of anilines is 3. The summed E-state index contributed by atoms with van der Waals surface area (Å²) in [4.78, 5) is 14.5. The van der Waals surface area contributed by atoms with Crippen LogP contribution in [0, 0.1) is 6.92 Å². The molecule has 34 heavy (non-hydrogen) atoms. The first-order valence-corrected chi connectivity index (χ1v) is 12.3. The molecule has 0 saturated carbocycles. The fourth-order valence-corrected chi connectivity index (χ4v) is 5.03. The van der Waals surface area contributed by atoms with Crippen LogP contribution in [0.25, 0.3) is 0 Å². The van der Waals surface area contributed by atoms with Gasteiger partial charge in [0.2, 0.25) is 5.91 Å². The summed E-state index contributed by atoms with van der Waals surface area (Å²) in [6.45, 7) is 4.02. The lowest BCUT2D eigenvalue weighted by Gasteiger charge is -2.30. The van der Waals surface area contributed by atoms with Crippen LogP contribution in [-0.4, -0.2) is 57.5 Å². The van der Waals surface area contributed by atoms with Crippen LogP contribution in [0.1, 0.15) is 5.56 Å². The van der Waals surface area contributed by atoms with E-state index in [1.54, 1.807) is 48.8 Å². The van der Waals surface area contributed by atoms with Crippen LogP contribution in [0.5, 0.6) is 5.75 Å². The number of carbonyl (C=O) groups is 1. The number of rotatable bonds is 8. The highest BCUT2D eigenvalue weighted by molar-refractivity contribution is 7.93. The molecule has 0 bridgehead atoms. The van der Waals surface area contributed by atoms with Crippen LogP contribution in [0.3, 0.4) is 0 Å². The van der Waals surface area contributed by atoms with Crippen molar-refractivity contribution in [2.45, 2.75) is 18.4 Å². The first-order chi connectivity index (χ1) is 16.4. The molecule has 11 heteroatoms. The van der Waals surface area contributed by atoms with Gasteiger partial charge in [0.25, 0.3) is 10.0 Å². The maximum Gasteiger partial charge on any atom is 0.264 e. The van der Waals surface area contributed by atoms with Crippen LogP contribution in [0.15, 0.2) is 59.8 Å². The van der Waals surface area contributed by atoms with Crippen molar-refractivity contribution in [3.63, 3.8) is 0 Å². The molecule has 0 spiro atoms. The van der Waals surface area contributed by atoms with Gasteiger partial charge in [-0.3, -0.25) is 14.2 Å². The van der Waals surface area contributed by atoms with Crippen molar-refractivity contribution < 1.29 is 22.7 Å². The molecule has 2 N–H and O–H groups in total. The Hall–Kier alpha value is -3.57. The van der Waals surface area contributed by atoms with E-state index in [2.05, 4.69) is 15.1 Å². The number of para-hydroxylation sites is 2. The zero-order valence-corrected chi connectivity index (χ0v) is 19.8. The first kappa shape index (κ1) is 23.6. The average Bonchev–Trinajstić information content (AvgIpc) is 3.24. The number of ether oxygens (including phenoxy) is 2. The van der Waals surface area contributed by atoms with Gasteiger partial charge in [0.1, 0.15) is 17.2 Å². The number of nitrogens with zero attached hydrogens (tertiary/aromatic N) is 3. The molecule has 0 unspecified atom stereocenters. The molecular weight excluding hydrogens is 458 g/mol. The van der Waals surface area contributed by atoms with E-state index < -0.39 is 10.0 Å². The van der Waals surface area contributed by atoms with E-state index >= 15 is 0 Å². The van der Waals surface area contributed by atoms with Crippen molar-refractivity contribution >= 4 is 33.0 Å². The summed E-state index contributed by atoms with van der Waals surface area (Å²) in [6.07, 6.45) is 3.42. The summed E-state index contributed by atoms with van der Waals surface area (Å²) in [6, 6.07) is 11.6. The Labute approximate surface area is 198 Å². The van der Waals surface area contributed by atoms with E-state index in [0.29, 0.717) is 49.1 Å². The molecule has 1 fully saturated rings. The Morgan fingerprint density at radius 3 is 2.65 bits per heavy atom. The lowest BCUT2D eigenvalue weighted by molar-refractivity contribution is -0.116.